The van der Waals surface area contributed by atoms with Crippen LogP contribution in [0.1, 0.15) is 38.0 Å². The number of aliphatic carboxylic acids is 1. The normalized spacial score (nSPS) is 12.8. The molecule has 0 amide bonds. The number of fused-ring (bicyclic) bond motifs is 2. The van der Waals surface area contributed by atoms with Crippen molar-refractivity contribution in [2.75, 3.05) is 0 Å². The van der Waals surface area contributed by atoms with Crippen LogP contribution in [-0.4, -0.2) is 26.6 Å². The minimum atomic E-state index is -1.14. The van der Waals surface area contributed by atoms with Gasteiger partial charge in [-0.2, -0.15) is 0 Å². The van der Waals surface area contributed by atoms with Crippen LogP contribution >= 0.6 is 22.9 Å². The van der Waals surface area contributed by atoms with E-state index in [-0.39, 0.29) is 0 Å². The van der Waals surface area contributed by atoms with E-state index < -0.39 is 17.7 Å². The predicted molar refractivity (Wildman–Crippen MR) is 147 cm³/mol. The van der Waals surface area contributed by atoms with Crippen LogP contribution < -0.4 is 0 Å². The molecule has 7 heteroatoms. The van der Waals surface area contributed by atoms with Crippen LogP contribution in [0.5, 0.6) is 0 Å². The van der Waals surface area contributed by atoms with Crippen molar-refractivity contribution in [1.82, 2.24) is 9.97 Å². The third-order valence-corrected chi connectivity index (χ3v) is 7.30. The number of carboxylic acid groups (broad SMARTS) is 1. The first-order chi connectivity index (χ1) is 17.1. The Bertz CT molecular complexity index is 1600. The molecule has 0 fully saturated rings. The fourth-order valence-corrected chi connectivity index (χ4v) is 5.63. The molecule has 0 aliphatic carbocycles. The van der Waals surface area contributed by atoms with Crippen molar-refractivity contribution in [3.63, 3.8) is 0 Å². The molecule has 36 heavy (non-hydrogen) atoms. The van der Waals surface area contributed by atoms with E-state index in [1.54, 1.807) is 17.5 Å². The molecule has 1 atom stereocenters. The number of rotatable bonds is 5. The van der Waals surface area contributed by atoms with Crippen molar-refractivity contribution < 1.29 is 14.6 Å². The van der Waals surface area contributed by atoms with Crippen LogP contribution in [-0.2, 0) is 9.53 Å². The predicted octanol–water partition coefficient (Wildman–Crippen LogP) is 8.08. The lowest BCUT2D eigenvalue weighted by atomic mass is 9.91. The van der Waals surface area contributed by atoms with Crippen molar-refractivity contribution >= 4 is 49.9 Å². The van der Waals surface area contributed by atoms with Crippen molar-refractivity contribution in [2.24, 2.45) is 0 Å². The molecular formula is C29H25ClN2O3S. The number of carboxylic acids is 1. The molecule has 0 aliphatic rings. The van der Waals surface area contributed by atoms with Gasteiger partial charge in [0.2, 0.25) is 0 Å². The summed E-state index contributed by atoms with van der Waals surface area (Å²) >= 11 is 7.73. The molecule has 2 heterocycles. The molecule has 182 valence electrons. The number of thiazole rings is 1. The lowest BCUT2D eigenvalue weighted by molar-refractivity contribution is -0.160. The van der Waals surface area contributed by atoms with Crippen LogP contribution in [0.2, 0.25) is 5.02 Å². The number of hydrogen-bond acceptors (Lipinski definition) is 5. The molecule has 5 rings (SSSR count). The lowest BCUT2D eigenvalue weighted by Gasteiger charge is -2.28. The van der Waals surface area contributed by atoms with Gasteiger partial charge in [-0.1, -0.05) is 35.9 Å². The highest BCUT2D eigenvalue weighted by atomic mass is 35.5. The van der Waals surface area contributed by atoms with Crippen LogP contribution in [0.15, 0.2) is 67.0 Å². The number of nitrogens with zero attached hydrogens (tertiary/aromatic N) is 2. The van der Waals surface area contributed by atoms with Gasteiger partial charge in [-0.15, -0.1) is 11.3 Å². The molecule has 0 radical (unpaired) electrons. The molecule has 1 N–H and O–H groups in total. The second kappa shape index (κ2) is 9.28. The Labute approximate surface area is 218 Å². The zero-order valence-electron chi connectivity index (χ0n) is 20.4. The molecule has 0 unspecified atom stereocenters. The van der Waals surface area contributed by atoms with Crippen molar-refractivity contribution in [2.45, 2.75) is 39.4 Å². The maximum Gasteiger partial charge on any atom is 0.337 e. The summed E-state index contributed by atoms with van der Waals surface area (Å²) in [7, 11) is 0. The quantitative estimate of drug-likeness (QED) is 0.255. The molecule has 0 saturated heterocycles. The van der Waals surface area contributed by atoms with Crippen molar-refractivity contribution in [1.29, 1.82) is 0 Å². The molecule has 5 aromatic rings. The summed E-state index contributed by atoms with van der Waals surface area (Å²) in [4.78, 5) is 21.6. The second-order valence-electron chi connectivity index (χ2n) is 9.74. The number of ether oxygens (including phenoxy) is 1. The van der Waals surface area contributed by atoms with Gasteiger partial charge in [0.1, 0.15) is 5.01 Å². The molecule has 0 bridgehead atoms. The largest absolute Gasteiger partial charge is 0.479 e. The van der Waals surface area contributed by atoms with Gasteiger partial charge in [0.05, 0.1) is 15.8 Å². The van der Waals surface area contributed by atoms with Crippen LogP contribution in [0, 0.1) is 6.92 Å². The Morgan fingerprint density at radius 3 is 2.44 bits per heavy atom. The Kier molecular flexibility index (Phi) is 6.29. The van der Waals surface area contributed by atoms with E-state index in [2.05, 4.69) is 11.1 Å². The topological polar surface area (TPSA) is 72.3 Å². The summed E-state index contributed by atoms with van der Waals surface area (Å²) < 4.78 is 7.00. The Hall–Kier alpha value is -3.32. The van der Waals surface area contributed by atoms with E-state index in [1.807, 2.05) is 82.4 Å². The number of carbonyl (C=O) groups is 1. The first-order valence-electron chi connectivity index (χ1n) is 11.6. The number of pyridine rings is 1. The third kappa shape index (κ3) is 4.72. The van der Waals surface area contributed by atoms with Gasteiger partial charge in [0.25, 0.3) is 0 Å². The summed E-state index contributed by atoms with van der Waals surface area (Å²) in [6.45, 7) is 7.49. The molecule has 0 saturated carbocycles. The van der Waals surface area contributed by atoms with Gasteiger partial charge in [-0.3, -0.25) is 4.98 Å². The molecular weight excluding hydrogens is 492 g/mol. The Morgan fingerprint density at radius 1 is 1.03 bits per heavy atom. The third-order valence-electron chi connectivity index (χ3n) is 5.91. The molecule has 3 aromatic carbocycles. The summed E-state index contributed by atoms with van der Waals surface area (Å²) in [5.41, 5.74) is 4.28. The van der Waals surface area contributed by atoms with Crippen LogP contribution in [0.4, 0.5) is 0 Å². The van der Waals surface area contributed by atoms with Gasteiger partial charge < -0.3 is 9.84 Å². The maximum absolute atomic E-state index is 12.5. The van der Waals surface area contributed by atoms with Gasteiger partial charge >= 0.3 is 5.97 Å². The minimum absolute atomic E-state index is 0.612. The molecule has 5 nitrogen and oxygen atoms in total. The highest BCUT2D eigenvalue weighted by molar-refractivity contribution is 7.22. The van der Waals surface area contributed by atoms with Crippen LogP contribution in [0.25, 0.3) is 42.7 Å². The van der Waals surface area contributed by atoms with Crippen LogP contribution in [0.3, 0.4) is 0 Å². The number of halogens is 1. The smallest absolute Gasteiger partial charge is 0.337 e. The summed E-state index contributed by atoms with van der Waals surface area (Å²) in [6, 6.07) is 17.6. The van der Waals surface area contributed by atoms with E-state index in [4.69, 9.17) is 21.3 Å². The van der Waals surface area contributed by atoms with E-state index in [0.717, 1.165) is 48.3 Å². The Balaban J connectivity index is 1.78. The number of aromatic nitrogens is 2. The van der Waals surface area contributed by atoms with Gasteiger partial charge in [-0.25, -0.2) is 9.78 Å². The molecule has 0 spiro atoms. The van der Waals surface area contributed by atoms with E-state index in [0.29, 0.717) is 10.6 Å². The molecule has 0 aliphatic heterocycles. The second-order valence-corrected chi connectivity index (χ2v) is 11.2. The highest BCUT2D eigenvalue weighted by Crippen LogP contribution is 2.44. The molecule has 2 aromatic heterocycles. The van der Waals surface area contributed by atoms with Gasteiger partial charge in [-0.05, 0) is 74.5 Å². The summed E-state index contributed by atoms with van der Waals surface area (Å²) in [5, 5.41) is 13.8. The van der Waals surface area contributed by atoms with E-state index in [1.165, 1.54) is 0 Å². The first kappa shape index (κ1) is 24.4. The first-order valence-corrected chi connectivity index (χ1v) is 12.7. The summed E-state index contributed by atoms with van der Waals surface area (Å²) in [6.07, 6.45) is 2.48. The summed E-state index contributed by atoms with van der Waals surface area (Å²) in [5.74, 6) is -1.03. The average molecular weight is 517 g/mol. The fraction of sp³-hybridized carbons (Fsp3) is 0.207. The van der Waals surface area contributed by atoms with E-state index >= 15 is 0 Å². The standard InChI is InChI=1S/C29H25ClN2O3S/c1-16-13-22-26(36-27(32-22)19-5-6-20-15-31-12-11-18(20)14-19)24(17-7-9-21(30)10-8-17)23(16)25(28(33)34)35-29(2,3)4/h5-15,25H,1-4H3,(H,33,34)/t25-/m0/s1. The van der Waals surface area contributed by atoms with Gasteiger partial charge in [0.15, 0.2) is 6.10 Å². The zero-order chi connectivity index (χ0) is 25.6. The highest BCUT2D eigenvalue weighted by Gasteiger charge is 2.32. The van der Waals surface area contributed by atoms with Crippen molar-refractivity contribution in [3.8, 4) is 21.7 Å². The zero-order valence-corrected chi connectivity index (χ0v) is 21.9. The maximum atomic E-state index is 12.5. The Morgan fingerprint density at radius 2 is 1.75 bits per heavy atom. The van der Waals surface area contributed by atoms with Gasteiger partial charge in [0, 0.05) is 39.5 Å². The van der Waals surface area contributed by atoms with Crippen molar-refractivity contribution in [3.05, 3.63) is 83.1 Å². The number of aryl methyl sites for hydroxylation is 1. The average Bonchev–Trinajstić information content (AvgIpc) is 3.25. The van der Waals surface area contributed by atoms with E-state index in [9.17, 15) is 9.90 Å². The fourth-order valence-electron chi connectivity index (χ4n) is 4.38. The SMILES string of the molecule is Cc1cc2nc(-c3ccc4cnccc4c3)sc2c(-c2ccc(Cl)cc2)c1[C@H](OC(C)(C)C)C(=O)O. The number of benzene rings is 3. The monoisotopic (exact) mass is 516 g/mol. The lowest BCUT2D eigenvalue weighted by Crippen LogP contribution is -2.28. The minimum Gasteiger partial charge on any atom is -0.479 e. The number of hydrogen-bond donors (Lipinski definition) is 1.